The Balaban J connectivity index is 1.82. The molecule has 2 fully saturated rings. The van der Waals surface area contributed by atoms with Gasteiger partial charge in [0.15, 0.2) is 0 Å². The van der Waals surface area contributed by atoms with Crippen LogP contribution in [0.15, 0.2) is 0 Å². The van der Waals surface area contributed by atoms with Crippen LogP contribution < -0.4 is 5.73 Å². The molecule has 5 heteroatoms. The normalized spacial score (nSPS) is 32.8. The van der Waals surface area contributed by atoms with Crippen molar-refractivity contribution in [3.05, 3.63) is 0 Å². The van der Waals surface area contributed by atoms with E-state index in [0.29, 0.717) is 6.04 Å². The summed E-state index contributed by atoms with van der Waals surface area (Å²) in [6.07, 6.45) is 2.50. The molecular weight excluding hydrogens is 254 g/mol. The van der Waals surface area contributed by atoms with Crippen LogP contribution >= 0.6 is 0 Å². The third-order valence-corrected chi connectivity index (χ3v) is 4.66. The summed E-state index contributed by atoms with van der Waals surface area (Å²) in [7, 11) is 1.43. The van der Waals surface area contributed by atoms with E-state index in [2.05, 4.69) is 23.6 Å². The lowest BCUT2D eigenvalue weighted by Gasteiger charge is -2.39. The second-order valence-corrected chi connectivity index (χ2v) is 6.77. The van der Waals surface area contributed by atoms with Gasteiger partial charge in [-0.2, -0.15) is 0 Å². The number of nitrogens with two attached hydrogens (primary N) is 1. The van der Waals surface area contributed by atoms with Crippen molar-refractivity contribution < 1.29 is 9.53 Å². The number of methoxy groups -OCH3 is 1. The highest BCUT2D eigenvalue weighted by molar-refractivity contribution is 5.81. The average molecular weight is 283 g/mol. The minimum atomic E-state index is -0.755. The Bertz CT molecular complexity index is 340. The fourth-order valence-electron chi connectivity index (χ4n) is 3.58. The maximum absolute atomic E-state index is 11.8. The molecule has 0 aromatic rings. The molecule has 0 aromatic heterocycles. The first kappa shape index (κ1) is 15.7. The maximum Gasteiger partial charge on any atom is 0.325 e. The lowest BCUT2D eigenvalue weighted by Crippen LogP contribution is -2.52. The van der Waals surface area contributed by atoms with Gasteiger partial charge in [0.05, 0.1) is 7.11 Å². The Kier molecular flexibility index (Phi) is 5.04. The molecule has 5 nitrogen and oxygen atoms in total. The first-order valence-electron chi connectivity index (χ1n) is 7.78. The second kappa shape index (κ2) is 6.41. The predicted molar refractivity (Wildman–Crippen MR) is 79.4 cm³/mol. The molecule has 1 aliphatic heterocycles. The Morgan fingerprint density at radius 3 is 2.55 bits per heavy atom. The molecule has 2 N–H and O–H groups in total. The van der Waals surface area contributed by atoms with E-state index in [1.165, 1.54) is 13.7 Å². The Hall–Kier alpha value is -0.650. The van der Waals surface area contributed by atoms with Gasteiger partial charge in [-0.3, -0.25) is 9.69 Å². The van der Waals surface area contributed by atoms with Crippen LogP contribution in [0.5, 0.6) is 0 Å². The smallest absolute Gasteiger partial charge is 0.325 e. The molecular formula is C15H29N3O2. The summed E-state index contributed by atoms with van der Waals surface area (Å²) >= 11 is 0. The van der Waals surface area contributed by atoms with Crippen LogP contribution in [0, 0.1) is 5.92 Å². The zero-order chi connectivity index (χ0) is 14.8. The molecule has 1 aliphatic carbocycles. The van der Waals surface area contributed by atoms with Crippen molar-refractivity contribution in [2.24, 2.45) is 11.7 Å². The van der Waals surface area contributed by atoms with Gasteiger partial charge in [0.1, 0.15) is 5.54 Å². The molecule has 2 rings (SSSR count). The van der Waals surface area contributed by atoms with E-state index in [1.807, 2.05) is 0 Å². The highest BCUT2D eigenvalue weighted by Gasteiger charge is 2.45. The number of ether oxygens (including phenoxy) is 1. The standard InChI is InChI=1S/C15H29N3O2/c1-12(2)11-17-6-8-18(9-7-17)13-4-5-15(16,10-13)14(19)20-3/h12-13H,4-11,16H2,1-3H3. The summed E-state index contributed by atoms with van der Waals surface area (Å²) in [6.45, 7) is 10.2. The SMILES string of the molecule is COC(=O)C1(N)CCC(N2CCN(CC(C)C)CC2)C1. The minimum Gasteiger partial charge on any atom is -0.468 e. The zero-order valence-electron chi connectivity index (χ0n) is 13.1. The fourth-order valence-corrected chi connectivity index (χ4v) is 3.58. The lowest BCUT2D eigenvalue weighted by molar-refractivity contribution is -0.147. The average Bonchev–Trinajstić information content (AvgIpc) is 2.82. The third kappa shape index (κ3) is 3.51. The minimum absolute atomic E-state index is 0.251. The van der Waals surface area contributed by atoms with Crippen LogP contribution in [0.25, 0.3) is 0 Å². The Morgan fingerprint density at radius 2 is 2.00 bits per heavy atom. The van der Waals surface area contributed by atoms with Gasteiger partial charge in [-0.05, 0) is 25.2 Å². The summed E-state index contributed by atoms with van der Waals surface area (Å²) in [6, 6.07) is 0.445. The van der Waals surface area contributed by atoms with Gasteiger partial charge in [-0.25, -0.2) is 0 Å². The van der Waals surface area contributed by atoms with E-state index < -0.39 is 5.54 Å². The molecule has 1 saturated heterocycles. The monoisotopic (exact) mass is 283 g/mol. The van der Waals surface area contributed by atoms with Crippen molar-refractivity contribution >= 4 is 5.97 Å². The number of hydrogen-bond acceptors (Lipinski definition) is 5. The van der Waals surface area contributed by atoms with Crippen LogP contribution in [0.4, 0.5) is 0 Å². The molecule has 0 bridgehead atoms. The van der Waals surface area contributed by atoms with Gasteiger partial charge >= 0.3 is 5.97 Å². The fraction of sp³-hybridized carbons (Fsp3) is 0.933. The molecule has 116 valence electrons. The predicted octanol–water partition coefficient (Wildman–Crippen LogP) is 0.683. The first-order valence-corrected chi connectivity index (χ1v) is 7.78. The lowest BCUT2D eigenvalue weighted by atomic mass is 9.99. The molecule has 2 unspecified atom stereocenters. The van der Waals surface area contributed by atoms with Crippen molar-refractivity contribution in [1.29, 1.82) is 0 Å². The zero-order valence-corrected chi connectivity index (χ0v) is 13.1. The van der Waals surface area contributed by atoms with Gasteiger partial charge in [-0.15, -0.1) is 0 Å². The third-order valence-electron chi connectivity index (χ3n) is 4.66. The number of carbonyl (C=O) groups excluding carboxylic acids is 1. The second-order valence-electron chi connectivity index (χ2n) is 6.77. The maximum atomic E-state index is 11.8. The summed E-state index contributed by atoms with van der Waals surface area (Å²) in [5.74, 6) is 0.475. The van der Waals surface area contributed by atoms with Crippen LogP contribution in [0.3, 0.4) is 0 Å². The van der Waals surface area contributed by atoms with E-state index in [4.69, 9.17) is 10.5 Å². The largest absolute Gasteiger partial charge is 0.468 e. The molecule has 0 amide bonds. The van der Waals surface area contributed by atoms with Crippen molar-refractivity contribution in [3.8, 4) is 0 Å². The van der Waals surface area contributed by atoms with E-state index in [-0.39, 0.29) is 5.97 Å². The Morgan fingerprint density at radius 1 is 1.35 bits per heavy atom. The molecule has 2 aliphatic rings. The number of esters is 1. The molecule has 2 atom stereocenters. The molecule has 20 heavy (non-hydrogen) atoms. The molecule has 0 aromatic carbocycles. The summed E-state index contributed by atoms with van der Waals surface area (Å²) in [4.78, 5) is 16.8. The van der Waals surface area contributed by atoms with Crippen LogP contribution in [0.2, 0.25) is 0 Å². The van der Waals surface area contributed by atoms with E-state index in [1.54, 1.807) is 0 Å². The molecule has 1 heterocycles. The van der Waals surface area contributed by atoms with Gasteiger partial charge in [0.25, 0.3) is 0 Å². The Labute approximate surface area is 122 Å². The van der Waals surface area contributed by atoms with Gasteiger partial charge in [0.2, 0.25) is 0 Å². The highest BCUT2D eigenvalue weighted by Crippen LogP contribution is 2.32. The summed E-state index contributed by atoms with van der Waals surface area (Å²) in [5.41, 5.74) is 5.44. The van der Waals surface area contributed by atoms with E-state index >= 15 is 0 Å². The van der Waals surface area contributed by atoms with Crippen molar-refractivity contribution in [2.45, 2.75) is 44.7 Å². The molecule has 1 saturated carbocycles. The van der Waals surface area contributed by atoms with Gasteiger partial charge < -0.3 is 15.4 Å². The summed E-state index contributed by atoms with van der Waals surface area (Å²) in [5, 5.41) is 0. The first-order chi connectivity index (χ1) is 9.44. The topological polar surface area (TPSA) is 58.8 Å². The van der Waals surface area contributed by atoms with Gasteiger partial charge in [-0.1, -0.05) is 13.8 Å². The highest BCUT2D eigenvalue weighted by atomic mass is 16.5. The van der Waals surface area contributed by atoms with Crippen molar-refractivity contribution in [2.75, 3.05) is 39.8 Å². The van der Waals surface area contributed by atoms with Gasteiger partial charge in [0, 0.05) is 38.8 Å². The van der Waals surface area contributed by atoms with Crippen molar-refractivity contribution in [3.63, 3.8) is 0 Å². The number of piperazine rings is 1. The number of rotatable bonds is 4. The number of carbonyl (C=O) groups is 1. The quantitative estimate of drug-likeness (QED) is 0.769. The number of nitrogens with zero attached hydrogens (tertiary/aromatic N) is 2. The number of hydrogen-bond donors (Lipinski definition) is 1. The van der Waals surface area contributed by atoms with Crippen molar-refractivity contribution in [1.82, 2.24) is 9.80 Å². The van der Waals surface area contributed by atoms with E-state index in [0.717, 1.165) is 51.4 Å². The van der Waals surface area contributed by atoms with Crippen LogP contribution in [0.1, 0.15) is 33.1 Å². The van der Waals surface area contributed by atoms with E-state index in [9.17, 15) is 4.79 Å². The summed E-state index contributed by atoms with van der Waals surface area (Å²) < 4.78 is 4.84. The van der Waals surface area contributed by atoms with Crippen LogP contribution in [-0.2, 0) is 9.53 Å². The van der Waals surface area contributed by atoms with Crippen LogP contribution in [-0.4, -0.2) is 67.2 Å². The molecule has 0 spiro atoms. The molecule has 0 radical (unpaired) electrons.